The van der Waals surface area contributed by atoms with E-state index in [0.717, 1.165) is 12.1 Å². The van der Waals surface area contributed by atoms with Crippen molar-refractivity contribution in [1.82, 2.24) is 9.78 Å². The molecule has 4 nitrogen and oxygen atoms in total. The van der Waals surface area contributed by atoms with Crippen LogP contribution in [0.1, 0.15) is 39.1 Å². The van der Waals surface area contributed by atoms with Crippen molar-refractivity contribution in [3.05, 3.63) is 16.4 Å². The summed E-state index contributed by atoms with van der Waals surface area (Å²) in [6.45, 7) is 7.54. The van der Waals surface area contributed by atoms with Crippen LogP contribution < -0.4 is 0 Å². The Morgan fingerprint density at radius 2 is 2.06 bits per heavy atom. The first-order chi connectivity index (χ1) is 7.81. The summed E-state index contributed by atoms with van der Waals surface area (Å²) in [5.41, 5.74) is 0.156. The van der Waals surface area contributed by atoms with Crippen LogP contribution in [0.15, 0.2) is 0 Å². The number of hydrogen-bond acceptors (Lipinski definition) is 3. The molecule has 0 saturated heterocycles. The lowest BCUT2D eigenvalue weighted by Gasteiger charge is -2.15. The molecule has 0 aliphatic heterocycles. The van der Waals surface area contributed by atoms with E-state index in [1.807, 2.05) is 13.8 Å². The van der Waals surface area contributed by atoms with Gasteiger partial charge in [-0.25, -0.2) is 0 Å². The molecule has 0 radical (unpaired) electrons. The highest BCUT2D eigenvalue weighted by Crippen LogP contribution is 2.23. The molecule has 0 aliphatic carbocycles. The predicted molar refractivity (Wildman–Crippen MR) is 67.3 cm³/mol. The number of nitrogens with zero attached hydrogens (tertiary/aromatic N) is 2. The van der Waals surface area contributed by atoms with E-state index < -0.39 is 5.60 Å². The first-order valence-corrected chi connectivity index (χ1v) is 6.18. The van der Waals surface area contributed by atoms with Crippen LogP contribution in [0.25, 0.3) is 0 Å². The Bertz CT molecular complexity index is 419. The molecule has 0 fully saturated rings. The molecule has 1 aromatic heterocycles. The van der Waals surface area contributed by atoms with Crippen LogP contribution in [0.5, 0.6) is 0 Å². The van der Waals surface area contributed by atoms with Crippen molar-refractivity contribution < 1.29 is 9.90 Å². The third-order valence-electron chi connectivity index (χ3n) is 2.70. The van der Waals surface area contributed by atoms with Crippen LogP contribution in [-0.2, 0) is 24.2 Å². The van der Waals surface area contributed by atoms with Gasteiger partial charge in [-0.3, -0.25) is 9.48 Å². The molecule has 1 heterocycles. The summed E-state index contributed by atoms with van der Waals surface area (Å²) < 4.78 is 1.73. The maximum absolute atomic E-state index is 11.8. The van der Waals surface area contributed by atoms with Gasteiger partial charge < -0.3 is 5.11 Å². The molecule has 0 saturated carbocycles. The van der Waals surface area contributed by atoms with Crippen molar-refractivity contribution in [3.63, 3.8) is 0 Å². The van der Waals surface area contributed by atoms with Gasteiger partial charge in [0, 0.05) is 6.54 Å². The van der Waals surface area contributed by atoms with E-state index in [0.29, 0.717) is 17.3 Å². The summed E-state index contributed by atoms with van der Waals surface area (Å²) >= 11 is 6.19. The van der Waals surface area contributed by atoms with Gasteiger partial charge in [-0.1, -0.05) is 18.5 Å². The lowest BCUT2D eigenvalue weighted by Crippen LogP contribution is -2.33. The second kappa shape index (κ2) is 5.19. The number of halogens is 1. The molecule has 0 aliphatic rings. The average Bonchev–Trinajstić information content (AvgIpc) is 2.54. The van der Waals surface area contributed by atoms with E-state index >= 15 is 0 Å². The van der Waals surface area contributed by atoms with Crippen LogP contribution in [0, 0.1) is 0 Å². The zero-order valence-electron chi connectivity index (χ0n) is 10.7. The lowest BCUT2D eigenvalue weighted by molar-refractivity contribution is -0.133. The highest BCUT2D eigenvalue weighted by Gasteiger charge is 2.26. The maximum atomic E-state index is 11.8. The predicted octanol–water partition coefficient (Wildman–Crippen LogP) is 2.00. The number of Topliss-reactive ketones (excluding diaryl/α,β-unsaturated/α-hetero) is 1. The average molecular weight is 259 g/mol. The van der Waals surface area contributed by atoms with Gasteiger partial charge in [-0.2, -0.15) is 5.10 Å². The molecule has 96 valence electrons. The first kappa shape index (κ1) is 14.2. The molecule has 5 heteroatoms. The molecule has 0 atom stereocenters. The SMILES string of the molecule is CCc1nn(CC)c(CC(=O)C(C)(C)O)c1Cl. The van der Waals surface area contributed by atoms with Crippen LogP contribution in [0.4, 0.5) is 0 Å². The van der Waals surface area contributed by atoms with Crippen molar-refractivity contribution in [2.75, 3.05) is 0 Å². The van der Waals surface area contributed by atoms with E-state index in [-0.39, 0.29) is 12.2 Å². The number of aromatic nitrogens is 2. The Labute approximate surface area is 107 Å². The minimum atomic E-state index is -1.33. The highest BCUT2D eigenvalue weighted by molar-refractivity contribution is 6.32. The number of aliphatic hydroxyl groups is 1. The summed E-state index contributed by atoms with van der Waals surface area (Å²) in [6.07, 6.45) is 0.846. The van der Waals surface area contributed by atoms with Gasteiger partial charge in [0.15, 0.2) is 5.78 Å². The fraction of sp³-hybridized carbons (Fsp3) is 0.667. The van der Waals surface area contributed by atoms with Crippen LogP contribution >= 0.6 is 11.6 Å². The Morgan fingerprint density at radius 1 is 1.47 bits per heavy atom. The molecular formula is C12H19ClN2O2. The van der Waals surface area contributed by atoms with Crippen LogP contribution in [-0.4, -0.2) is 26.3 Å². The van der Waals surface area contributed by atoms with Gasteiger partial charge in [0.2, 0.25) is 0 Å². The maximum Gasteiger partial charge on any atom is 0.169 e. The van der Waals surface area contributed by atoms with Crippen molar-refractivity contribution in [1.29, 1.82) is 0 Å². The van der Waals surface area contributed by atoms with E-state index in [9.17, 15) is 9.90 Å². The summed E-state index contributed by atoms with van der Waals surface area (Å²) in [4.78, 5) is 11.8. The van der Waals surface area contributed by atoms with Gasteiger partial charge in [0.05, 0.1) is 22.8 Å². The quantitative estimate of drug-likeness (QED) is 0.879. The van der Waals surface area contributed by atoms with E-state index in [1.54, 1.807) is 4.68 Å². The number of hydrogen-bond donors (Lipinski definition) is 1. The topological polar surface area (TPSA) is 55.1 Å². The smallest absolute Gasteiger partial charge is 0.169 e. The summed E-state index contributed by atoms with van der Waals surface area (Å²) in [5, 5.41) is 14.5. The third kappa shape index (κ3) is 3.07. The Balaban J connectivity index is 3.05. The molecule has 0 amide bonds. The Hall–Kier alpha value is -0.870. The summed E-state index contributed by atoms with van der Waals surface area (Å²) in [6, 6.07) is 0. The van der Waals surface area contributed by atoms with Gasteiger partial charge >= 0.3 is 0 Å². The molecular weight excluding hydrogens is 240 g/mol. The number of rotatable bonds is 5. The summed E-state index contributed by atoms with van der Waals surface area (Å²) in [5.74, 6) is -0.253. The third-order valence-corrected chi connectivity index (χ3v) is 3.14. The largest absolute Gasteiger partial charge is 0.383 e. The fourth-order valence-corrected chi connectivity index (χ4v) is 1.89. The van der Waals surface area contributed by atoms with E-state index in [1.165, 1.54) is 13.8 Å². The standard InChI is InChI=1S/C12H19ClN2O2/c1-5-8-11(13)9(15(6-2)14-8)7-10(16)12(3,4)17/h17H,5-7H2,1-4H3. The Morgan fingerprint density at radius 3 is 2.47 bits per heavy atom. The summed E-state index contributed by atoms with van der Waals surface area (Å²) in [7, 11) is 0. The number of carbonyl (C=O) groups excluding carboxylic acids is 1. The molecule has 0 unspecified atom stereocenters. The molecule has 1 N–H and O–H groups in total. The second-order valence-electron chi connectivity index (χ2n) is 4.54. The monoisotopic (exact) mass is 258 g/mol. The fourth-order valence-electron chi connectivity index (χ4n) is 1.55. The van der Waals surface area contributed by atoms with Crippen LogP contribution in [0.2, 0.25) is 5.02 Å². The molecule has 0 bridgehead atoms. The first-order valence-electron chi connectivity index (χ1n) is 5.81. The van der Waals surface area contributed by atoms with Crippen molar-refractivity contribution in [3.8, 4) is 0 Å². The van der Waals surface area contributed by atoms with Crippen molar-refractivity contribution in [2.24, 2.45) is 0 Å². The van der Waals surface area contributed by atoms with Gasteiger partial charge in [-0.05, 0) is 27.2 Å². The number of ketones is 1. The van der Waals surface area contributed by atoms with Crippen molar-refractivity contribution >= 4 is 17.4 Å². The molecule has 0 aromatic carbocycles. The number of aryl methyl sites for hydroxylation is 2. The highest BCUT2D eigenvalue weighted by atomic mass is 35.5. The molecule has 1 aromatic rings. The lowest BCUT2D eigenvalue weighted by atomic mass is 9.99. The normalized spacial score (nSPS) is 11.9. The van der Waals surface area contributed by atoms with E-state index in [4.69, 9.17) is 11.6 Å². The van der Waals surface area contributed by atoms with Crippen LogP contribution in [0.3, 0.4) is 0 Å². The molecule has 1 rings (SSSR count). The second-order valence-corrected chi connectivity index (χ2v) is 4.91. The zero-order chi connectivity index (χ0) is 13.2. The Kier molecular flexibility index (Phi) is 4.33. The molecule has 0 spiro atoms. The van der Waals surface area contributed by atoms with Gasteiger partial charge in [0.25, 0.3) is 0 Å². The minimum absolute atomic E-state index is 0.114. The zero-order valence-corrected chi connectivity index (χ0v) is 11.5. The number of carbonyl (C=O) groups is 1. The minimum Gasteiger partial charge on any atom is -0.383 e. The van der Waals surface area contributed by atoms with Crippen molar-refractivity contribution in [2.45, 2.75) is 52.7 Å². The van der Waals surface area contributed by atoms with E-state index in [2.05, 4.69) is 5.10 Å². The van der Waals surface area contributed by atoms with Gasteiger partial charge in [-0.15, -0.1) is 0 Å². The molecule has 17 heavy (non-hydrogen) atoms. The van der Waals surface area contributed by atoms with Gasteiger partial charge in [0.1, 0.15) is 5.60 Å².